The van der Waals surface area contributed by atoms with E-state index in [1.165, 1.54) is 6.07 Å². The highest BCUT2D eigenvalue weighted by Gasteiger charge is 2.10. The van der Waals surface area contributed by atoms with E-state index in [-0.39, 0.29) is 11.8 Å². The van der Waals surface area contributed by atoms with Crippen molar-refractivity contribution in [3.8, 4) is 11.3 Å². The first-order valence-electron chi connectivity index (χ1n) is 4.40. The maximum absolute atomic E-state index is 13.5. The van der Waals surface area contributed by atoms with Crippen LogP contribution in [0.15, 0.2) is 24.3 Å². The predicted octanol–water partition coefficient (Wildman–Crippen LogP) is 1.57. The zero-order valence-corrected chi connectivity index (χ0v) is 8.11. The molecule has 15 heavy (non-hydrogen) atoms. The summed E-state index contributed by atoms with van der Waals surface area (Å²) in [6.07, 6.45) is 0. The van der Waals surface area contributed by atoms with Crippen LogP contribution in [0.4, 0.5) is 10.3 Å². The molecule has 0 spiro atoms. The number of nitrogens with zero attached hydrogens (tertiary/aromatic N) is 3. The van der Waals surface area contributed by atoms with Crippen LogP contribution in [-0.2, 0) is 0 Å². The van der Waals surface area contributed by atoms with Gasteiger partial charge >= 0.3 is 0 Å². The third-order valence-corrected chi connectivity index (χ3v) is 2.00. The first-order valence-corrected chi connectivity index (χ1v) is 4.40. The Balaban J connectivity index is 2.64. The lowest BCUT2D eigenvalue weighted by Gasteiger charge is -2.04. The van der Waals surface area contributed by atoms with Crippen LogP contribution in [0.2, 0.25) is 0 Å². The largest absolute Gasteiger partial charge is 0.366 e. The smallest absolute Gasteiger partial charge is 0.240 e. The van der Waals surface area contributed by atoms with Crippen LogP contribution >= 0.6 is 0 Å². The van der Waals surface area contributed by atoms with Gasteiger partial charge in [-0.1, -0.05) is 12.1 Å². The Kier molecular flexibility index (Phi) is 2.29. The maximum atomic E-state index is 13.5. The number of benzene rings is 1. The lowest BCUT2D eigenvalue weighted by atomic mass is 10.1. The Bertz CT molecular complexity index is 499. The van der Waals surface area contributed by atoms with Gasteiger partial charge in [-0.2, -0.15) is 0 Å². The van der Waals surface area contributed by atoms with Gasteiger partial charge in [0.2, 0.25) is 5.95 Å². The minimum absolute atomic E-state index is 0.0406. The average molecular weight is 204 g/mol. The molecule has 2 rings (SSSR count). The van der Waals surface area contributed by atoms with Crippen LogP contribution in [0, 0.1) is 12.7 Å². The van der Waals surface area contributed by atoms with E-state index < -0.39 is 0 Å². The highest BCUT2D eigenvalue weighted by atomic mass is 19.1. The molecule has 2 aromatic rings. The monoisotopic (exact) mass is 204 g/mol. The lowest BCUT2D eigenvalue weighted by Crippen LogP contribution is -2.02. The number of anilines is 1. The molecular formula is C10H9FN4. The Morgan fingerprint density at radius 3 is 2.67 bits per heavy atom. The van der Waals surface area contributed by atoms with Crippen molar-refractivity contribution in [1.29, 1.82) is 0 Å². The van der Waals surface area contributed by atoms with Crippen molar-refractivity contribution >= 4 is 5.95 Å². The molecule has 0 bridgehead atoms. The van der Waals surface area contributed by atoms with E-state index in [1.807, 2.05) is 0 Å². The second kappa shape index (κ2) is 3.61. The van der Waals surface area contributed by atoms with Gasteiger partial charge in [-0.05, 0) is 19.1 Å². The lowest BCUT2D eigenvalue weighted by molar-refractivity contribution is 0.630. The molecule has 0 unspecified atom stereocenters. The van der Waals surface area contributed by atoms with Crippen LogP contribution in [0.1, 0.15) is 5.69 Å². The first kappa shape index (κ1) is 9.51. The Morgan fingerprint density at radius 1 is 1.20 bits per heavy atom. The molecule has 0 saturated carbocycles. The van der Waals surface area contributed by atoms with Crippen LogP contribution in [0.3, 0.4) is 0 Å². The highest BCUT2D eigenvalue weighted by Crippen LogP contribution is 2.22. The topological polar surface area (TPSA) is 64.7 Å². The van der Waals surface area contributed by atoms with Crippen molar-refractivity contribution in [3.63, 3.8) is 0 Å². The number of aromatic nitrogens is 3. The van der Waals surface area contributed by atoms with E-state index in [4.69, 9.17) is 5.73 Å². The molecule has 0 fully saturated rings. The summed E-state index contributed by atoms with van der Waals surface area (Å²) in [7, 11) is 0. The molecule has 0 aliphatic heterocycles. The molecule has 5 heteroatoms. The molecule has 1 aromatic carbocycles. The summed E-state index contributed by atoms with van der Waals surface area (Å²) in [5.41, 5.74) is 6.77. The number of hydrogen-bond acceptors (Lipinski definition) is 4. The van der Waals surface area contributed by atoms with E-state index in [1.54, 1.807) is 25.1 Å². The summed E-state index contributed by atoms with van der Waals surface area (Å²) < 4.78 is 13.5. The molecule has 76 valence electrons. The Hall–Kier alpha value is -2.04. The number of nitrogens with two attached hydrogens (primary N) is 1. The SMILES string of the molecule is Cc1nnc(N)nc1-c1ccccc1F. The summed E-state index contributed by atoms with van der Waals surface area (Å²) in [5, 5.41) is 7.38. The van der Waals surface area contributed by atoms with Crippen molar-refractivity contribution in [2.24, 2.45) is 0 Å². The van der Waals surface area contributed by atoms with Crippen LogP contribution < -0.4 is 5.73 Å². The number of nitrogen functional groups attached to an aromatic ring is 1. The van der Waals surface area contributed by atoms with E-state index >= 15 is 0 Å². The summed E-state index contributed by atoms with van der Waals surface area (Å²) in [6, 6.07) is 6.35. The third kappa shape index (κ3) is 1.76. The second-order valence-electron chi connectivity index (χ2n) is 3.08. The predicted molar refractivity (Wildman–Crippen MR) is 54.4 cm³/mol. The number of aryl methyl sites for hydroxylation is 1. The molecular weight excluding hydrogens is 195 g/mol. The van der Waals surface area contributed by atoms with E-state index in [2.05, 4.69) is 15.2 Å². The van der Waals surface area contributed by atoms with Crippen molar-refractivity contribution in [3.05, 3.63) is 35.8 Å². The summed E-state index contributed by atoms with van der Waals surface area (Å²) >= 11 is 0. The first-order chi connectivity index (χ1) is 7.18. The fraction of sp³-hybridized carbons (Fsp3) is 0.100. The zero-order chi connectivity index (χ0) is 10.8. The van der Waals surface area contributed by atoms with Crippen LogP contribution in [0.5, 0.6) is 0 Å². The maximum Gasteiger partial charge on any atom is 0.240 e. The molecule has 0 atom stereocenters. The molecule has 0 aliphatic rings. The van der Waals surface area contributed by atoms with E-state index in [0.29, 0.717) is 17.0 Å². The zero-order valence-electron chi connectivity index (χ0n) is 8.11. The van der Waals surface area contributed by atoms with Crippen LogP contribution in [-0.4, -0.2) is 15.2 Å². The molecule has 0 radical (unpaired) electrons. The molecule has 0 saturated heterocycles. The van der Waals surface area contributed by atoms with Crippen molar-refractivity contribution in [1.82, 2.24) is 15.2 Å². The van der Waals surface area contributed by atoms with E-state index in [9.17, 15) is 4.39 Å². The minimum atomic E-state index is -0.347. The minimum Gasteiger partial charge on any atom is -0.366 e. The standard InChI is InChI=1S/C10H9FN4/c1-6-9(13-10(12)15-14-6)7-4-2-3-5-8(7)11/h2-5H,1H3,(H2,12,13,15). The summed E-state index contributed by atoms with van der Waals surface area (Å²) in [6.45, 7) is 1.71. The Labute approximate surface area is 86.0 Å². The van der Waals surface area contributed by atoms with Gasteiger partial charge < -0.3 is 5.73 Å². The molecule has 2 N–H and O–H groups in total. The average Bonchev–Trinajstić information content (AvgIpc) is 2.23. The molecule has 1 aromatic heterocycles. The van der Waals surface area contributed by atoms with Crippen molar-refractivity contribution in [2.75, 3.05) is 5.73 Å². The van der Waals surface area contributed by atoms with Gasteiger partial charge in [0.1, 0.15) is 11.5 Å². The van der Waals surface area contributed by atoms with Gasteiger partial charge in [0.25, 0.3) is 0 Å². The third-order valence-electron chi connectivity index (χ3n) is 2.00. The number of halogens is 1. The summed E-state index contributed by atoms with van der Waals surface area (Å²) in [4.78, 5) is 3.97. The fourth-order valence-electron chi connectivity index (χ4n) is 1.30. The number of hydrogen-bond donors (Lipinski definition) is 1. The molecule has 0 amide bonds. The van der Waals surface area contributed by atoms with Crippen molar-refractivity contribution in [2.45, 2.75) is 6.92 Å². The second-order valence-corrected chi connectivity index (χ2v) is 3.08. The summed E-state index contributed by atoms with van der Waals surface area (Å²) in [5.74, 6) is -0.306. The Morgan fingerprint density at radius 2 is 1.93 bits per heavy atom. The van der Waals surface area contributed by atoms with Gasteiger partial charge in [0, 0.05) is 5.56 Å². The molecule has 1 heterocycles. The normalized spacial score (nSPS) is 10.3. The highest BCUT2D eigenvalue weighted by molar-refractivity contribution is 5.62. The van der Waals surface area contributed by atoms with Gasteiger partial charge in [0.15, 0.2) is 0 Å². The number of rotatable bonds is 1. The molecule has 4 nitrogen and oxygen atoms in total. The van der Waals surface area contributed by atoms with E-state index in [0.717, 1.165) is 0 Å². The van der Waals surface area contributed by atoms with Gasteiger partial charge in [-0.25, -0.2) is 9.37 Å². The quantitative estimate of drug-likeness (QED) is 0.765. The fourth-order valence-corrected chi connectivity index (χ4v) is 1.30. The van der Waals surface area contributed by atoms with Gasteiger partial charge in [0.05, 0.1) is 5.69 Å². The molecule has 0 aliphatic carbocycles. The van der Waals surface area contributed by atoms with Crippen LogP contribution in [0.25, 0.3) is 11.3 Å². The van der Waals surface area contributed by atoms with Crippen molar-refractivity contribution < 1.29 is 4.39 Å². The van der Waals surface area contributed by atoms with Gasteiger partial charge in [-0.3, -0.25) is 0 Å². The van der Waals surface area contributed by atoms with Gasteiger partial charge in [-0.15, -0.1) is 10.2 Å².